The molecule has 2 aliphatic rings. The third-order valence-corrected chi connectivity index (χ3v) is 6.44. The van der Waals surface area contributed by atoms with Crippen LogP contribution in [-0.4, -0.2) is 37.1 Å². The van der Waals surface area contributed by atoms with Crippen molar-refractivity contribution in [3.05, 3.63) is 59.7 Å². The van der Waals surface area contributed by atoms with Crippen LogP contribution in [0.4, 0.5) is 0 Å². The standard InChI is InChI=1S/C23H25NO2S/c1-17(25)26-16-6-13-24-14-11-18-19(12-15-24)21-8-3-5-10-23(21)27-22-9-4-2-7-20(18)22/h2-5,7-10H,6,11-16H2,1H3. The van der Waals surface area contributed by atoms with Gasteiger partial charge in [0.05, 0.1) is 6.61 Å². The van der Waals surface area contributed by atoms with Crippen LogP contribution >= 0.6 is 11.8 Å². The lowest BCUT2D eigenvalue weighted by molar-refractivity contribution is -0.141. The topological polar surface area (TPSA) is 29.5 Å². The first-order valence-corrected chi connectivity index (χ1v) is 10.5. The van der Waals surface area contributed by atoms with E-state index < -0.39 is 0 Å². The zero-order chi connectivity index (χ0) is 18.6. The Labute approximate surface area is 165 Å². The molecule has 140 valence electrons. The number of hydrogen-bond donors (Lipinski definition) is 0. The van der Waals surface area contributed by atoms with Crippen molar-refractivity contribution in [1.82, 2.24) is 4.90 Å². The third kappa shape index (κ3) is 4.12. The molecule has 0 saturated heterocycles. The lowest BCUT2D eigenvalue weighted by Gasteiger charge is -2.20. The van der Waals surface area contributed by atoms with Gasteiger partial charge < -0.3 is 9.64 Å². The fourth-order valence-electron chi connectivity index (χ4n) is 4.00. The molecule has 2 heterocycles. The van der Waals surface area contributed by atoms with Crippen LogP contribution < -0.4 is 0 Å². The van der Waals surface area contributed by atoms with Crippen molar-refractivity contribution in [2.24, 2.45) is 0 Å². The highest BCUT2D eigenvalue weighted by atomic mass is 32.2. The Balaban J connectivity index is 1.58. The number of carbonyl (C=O) groups is 1. The minimum absolute atomic E-state index is 0.190. The number of carbonyl (C=O) groups excluding carboxylic acids is 1. The van der Waals surface area contributed by atoms with E-state index in [0.717, 1.165) is 38.9 Å². The van der Waals surface area contributed by atoms with Gasteiger partial charge in [-0.05, 0) is 53.7 Å². The summed E-state index contributed by atoms with van der Waals surface area (Å²) in [6.07, 6.45) is 3.02. The Morgan fingerprint density at radius 1 is 0.963 bits per heavy atom. The first-order chi connectivity index (χ1) is 13.2. The van der Waals surface area contributed by atoms with Crippen LogP contribution in [0.3, 0.4) is 0 Å². The molecule has 4 rings (SSSR count). The molecule has 2 aliphatic heterocycles. The van der Waals surface area contributed by atoms with Crippen molar-refractivity contribution >= 4 is 28.9 Å². The molecular formula is C23H25NO2S. The van der Waals surface area contributed by atoms with E-state index >= 15 is 0 Å². The predicted molar refractivity (Wildman–Crippen MR) is 111 cm³/mol. The number of esters is 1. The van der Waals surface area contributed by atoms with Crippen molar-refractivity contribution in [3.63, 3.8) is 0 Å². The highest BCUT2D eigenvalue weighted by Gasteiger charge is 2.24. The monoisotopic (exact) mass is 379 g/mol. The second-order valence-electron chi connectivity index (χ2n) is 7.09. The molecule has 0 bridgehead atoms. The van der Waals surface area contributed by atoms with Gasteiger partial charge in [-0.2, -0.15) is 0 Å². The summed E-state index contributed by atoms with van der Waals surface area (Å²) in [5, 5.41) is 0. The third-order valence-electron chi connectivity index (χ3n) is 5.29. The van der Waals surface area contributed by atoms with Gasteiger partial charge in [0.25, 0.3) is 0 Å². The largest absolute Gasteiger partial charge is 0.466 e. The quantitative estimate of drug-likeness (QED) is 0.545. The van der Waals surface area contributed by atoms with Crippen LogP contribution in [0, 0.1) is 0 Å². The van der Waals surface area contributed by atoms with Crippen molar-refractivity contribution in [3.8, 4) is 0 Å². The summed E-state index contributed by atoms with van der Waals surface area (Å²) < 4.78 is 5.09. The summed E-state index contributed by atoms with van der Waals surface area (Å²) in [5.74, 6) is -0.190. The molecule has 2 aromatic rings. The van der Waals surface area contributed by atoms with Crippen molar-refractivity contribution < 1.29 is 9.53 Å². The number of ether oxygens (including phenoxy) is 1. The smallest absolute Gasteiger partial charge is 0.302 e. The van der Waals surface area contributed by atoms with Gasteiger partial charge in [-0.3, -0.25) is 4.79 Å². The molecule has 0 unspecified atom stereocenters. The number of rotatable bonds is 4. The maximum absolute atomic E-state index is 10.9. The van der Waals surface area contributed by atoms with Crippen LogP contribution in [0.2, 0.25) is 0 Å². The minimum Gasteiger partial charge on any atom is -0.466 e. The van der Waals surface area contributed by atoms with Gasteiger partial charge in [-0.25, -0.2) is 0 Å². The van der Waals surface area contributed by atoms with E-state index in [9.17, 15) is 4.79 Å². The van der Waals surface area contributed by atoms with Crippen LogP contribution in [-0.2, 0) is 9.53 Å². The molecule has 0 amide bonds. The summed E-state index contributed by atoms with van der Waals surface area (Å²) in [6.45, 7) is 5.08. The first-order valence-electron chi connectivity index (χ1n) is 9.67. The van der Waals surface area contributed by atoms with Crippen LogP contribution in [0.5, 0.6) is 0 Å². The number of fused-ring (bicyclic) bond motifs is 4. The van der Waals surface area contributed by atoms with Gasteiger partial charge in [0.1, 0.15) is 0 Å². The minimum atomic E-state index is -0.190. The van der Waals surface area contributed by atoms with E-state index in [1.807, 2.05) is 11.8 Å². The SMILES string of the molecule is CC(=O)OCCCN1CCC2=C(CC1)c1ccccc1Sc1ccccc12. The lowest BCUT2D eigenvalue weighted by Crippen LogP contribution is -2.27. The van der Waals surface area contributed by atoms with Crippen LogP contribution in [0.15, 0.2) is 58.3 Å². The Kier molecular flexibility index (Phi) is 5.65. The molecule has 4 heteroatoms. The van der Waals surface area contributed by atoms with E-state index in [4.69, 9.17) is 4.74 Å². The van der Waals surface area contributed by atoms with E-state index in [1.54, 1.807) is 0 Å². The molecule has 0 spiro atoms. The lowest BCUT2D eigenvalue weighted by atomic mass is 9.91. The summed E-state index contributed by atoms with van der Waals surface area (Å²) in [6, 6.07) is 17.6. The second-order valence-corrected chi connectivity index (χ2v) is 8.17. The van der Waals surface area contributed by atoms with E-state index in [-0.39, 0.29) is 5.97 Å². The Hall–Kier alpha value is -2.04. The summed E-state index contributed by atoms with van der Waals surface area (Å²) >= 11 is 1.89. The van der Waals surface area contributed by atoms with Crippen LogP contribution in [0.1, 0.15) is 37.3 Å². The van der Waals surface area contributed by atoms with Gasteiger partial charge in [-0.15, -0.1) is 0 Å². The molecule has 0 fully saturated rings. The zero-order valence-electron chi connectivity index (χ0n) is 15.7. The zero-order valence-corrected chi connectivity index (χ0v) is 16.6. The molecule has 0 aromatic heterocycles. The fourth-order valence-corrected chi connectivity index (χ4v) is 5.14. The molecule has 3 nitrogen and oxygen atoms in total. The maximum Gasteiger partial charge on any atom is 0.302 e. The Morgan fingerprint density at radius 3 is 2.07 bits per heavy atom. The van der Waals surface area contributed by atoms with Gasteiger partial charge in [0.15, 0.2) is 0 Å². The van der Waals surface area contributed by atoms with E-state index in [1.165, 1.54) is 39.0 Å². The van der Waals surface area contributed by atoms with Crippen molar-refractivity contribution in [2.45, 2.75) is 36.0 Å². The summed E-state index contributed by atoms with van der Waals surface area (Å²) in [5.41, 5.74) is 5.81. The fraction of sp³-hybridized carbons (Fsp3) is 0.348. The van der Waals surface area contributed by atoms with Gasteiger partial charge in [-0.1, -0.05) is 48.2 Å². The van der Waals surface area contributed by atoms with Gasteiger partial charge in [0, 0.05) is 36.3 Å². The summed E-state index contributed by atoms with van der Waals surface area (Å²) in [7, 11) is 0. The molecule has 0 aliphatic carbocycles. The summed E-state index contributed by atoms with van der Waals surface area (Å²) in [4.78, 5) is 16.2. The number of benzene rings is 2. The van der Waals surface area contributed by atoms with E-state index in [2.05, 4.69) is 53.4 Å². The molecule has 0 saturated carbocycles. The number of hydrogen-bond acceptors (Lipinski definition) is 4. The Bertz CT molecular complexity index is 815. The predicted octanol–water partition coefficient (Wildman–Crippen LogP) is 5.11. The number of nitrogens with zero attached hydrogens (tertiary/aromatic N) is 1. The average molecular weight is 380 g/mol. The average Bonchev–Trinajstić information content (AvgIpc) is 2.95. The molecule has 2 aromatic carbocycles. The molecule has 0 radical (unpaired) electrons. The van der Waals surface area contributed by atoms with Gasteiger partial charge in [0.2, 0.25) is 0 Å². The Morgan fingerprint density at radius 2 is 1.52 bits per heavy atom. The van der Waals surface area contributed by atoms with Crippen LogP contribution in [0.25, 0.3) is 11.1 Å². The highest BCUT2D eigenvalue weighted by Crippen LogP contribution is 2.46. The molecule has 27 heavy (non-hydrogen) atoms. The normalized spacial score (nSPS) is 16.6. The first kappa shape index (κ1) is 18.3. The highest BCUT2D eigenvalue weighted by molar-refractivity contribution is 7.99. The molecule has 0 atom stereocenters. The van der Waals surface area contributed by atoms with E-state index in [0.29, 0.717) is 6.61 Å². The molecule has 0 N–H and O–H groups in total. The van der Waals surface area contributed by atoms with Gasteiger partial charge >= 0.3 is 5.97 Å². The molecular weight excluding hydrogens is 354 g/mol. The second kappa shape index (κ2) is 8.32. The van der Waals surface area contributed by atoms with Crippen molar-refractivity contribution in [1.29, 1.82) is 0 Å². The van der Waals surface area contributed by atoms with Crippen molar-refractivity contribution in [2.75, 3.05) is 26.2 Å². The maximum atomic E-state index is 10.9.